The van der Waals surface area contributed by atoms with Gasteiger partial charge in [0.2, 0.25) is 5.91 Å². The van der Waals surface area contributed by atoms with Crippen LogP contribution in [-0.2, 0) is 11.2 Å². The molecule has 132 valence electrons. The van der Waals surface area contributed by atoms with Crippen LogP contribution in [0.4, 0.5) is 5.13 Å². The summed E-state index contributed by atoms with van der Waals surface area (Å²) < 4.78 is 0. The van der Waals surface area contributed by atoms with E-state index in [-0.39, 0.29) is 5.91 Å². The average Bonchev–Trinajstić information content (AvgIpc) is 3.13. The van der Waals surface area contributed by atoms with Crippen molar-refractivity contribution in [1.29, 1.82) is 0 Å². The number of benzene rings is 3. The number of fused-ring (bicyclic) bond motifs is 1. The standard InChI is InChI=1S/C23H18N2OS/c26-22(13-11-18-10-12-19-8-4-5-9-20(19)14-18)25-23-24-16-21(27-23)15-17-6-2-1-3-7-17/h1-14,16H,15H2,(H,24,25,26). The topological polar surface area (TPSA) is 42.0 Å². The molecular formula is C23H18N2OS. The van der Waals surface area contributed by atoms with Crippen molar-refractivity contribution >= 4 is 39.2 Å². The summed E-state index contributed by atoms with van der Waals surface area (Å²) in [6.45, 7) is 0. The van der Waals surface area contributed by atoms with Crippen LogP contribution in [0, 0.1) is 0 Å². The van der Waals surface area contributed by atoms with E-state index in [1.165, 1.54) is 22.3 Å². The van der Waals surface area contributed by atoms with E-state index in [9.17, 15) is 4.79 Å². The van der Waals surface area contributed by atoms with Crippen LogP contribution in [0.1, 0.15) is 16.0 Å². The zero-order chi connectivity index (χ0) is 18.5. The van der Waals surface area contributed by atoms with Gasteiger partial charge in [0.25, 0.3) is 0 Å². The van der Waals surface area contributed by atoms with Crippen LogP contribution in [-0.4, -0.2) is 10.9 Å². The van der Waals surface area contributed by atoms with Crippen LogP contribution in [0.15, 0.2) is 85.1 Å². The van der Waals surface area contributed by atoms with Gasteiger partial charge in [0.1, 0.15) is 0 Å². The second-order valence-electron chi connectivity index (χ2n) is 6.22. The molecule has 0 bridgehead atoms. The van der Waals surface area contributed by atoms with Gasteiger partial charge in [-0.2, -0.15) is 0 Å². The van der Waals surface area contributed by atoms with E-state index in [4.69, 9.17) is 0 Å². The number of rotatable bonds is 5. The molecule has 4 aromatic rings. The molecule has 0 aliphatic rings. The Labute approximate surface area is 162 Å². The maximum Gasteiger partial charge on any atom is 0.250 e. The Morgan fingerprint density at radius 2 is 1.74 bits per heavy atom. The first kappa shape index (κ1) is 17.2. The monoisotopic (exact) mass is 370 g/mol. The lowest BCUT2D eigenvalue weighted by Crippen LogP contribution is -2.07. The molecule has 1 N–H and O–H groups in total. The Morgan fingerprint density at radius 1 is 0.963 bits per heavy atom. The van der Waals surface area contributed by atoms with Crippen molar-refractivity contribution in [2.24, 2.45) is 0 Å². The quantitative estimate of drug-likeness (QED) is 0.469. The summed E-state index contributed by atoms with van der Waals surface area (Å²) in [5.41, 5.74) is 2.22. The summed E-state index contributed by atoms with van der Waals surface area (Å²) in [6.07, 6.45) is 6.00. The SMILES string of the molecule is O=C(C=Cc1ccc2ccccc2c1)Nc1ncc(Cc2ccccc2)s1. The first-order valence-corrected chi connectivity index (χ1v) is 9.54. The smallest absolute Gasteiger partial charge is 0.250 e. The Hall–Kier alpha value is -3.24. The zero-order valence-corrected chi connectivity index (χ0v) is 15.4. The summed E-state index contributed by atoms with van der Waals surface area (Å²) in [5, 5.41) is 5.80. The molecule has 0 saturated carbocycles. The molecule has 1 aromatic heterocycles. The van der Waals surface area contributed by atoms with Crippen LogP contribution in [0.5, 0.6) is 0 Å². The van der Waals surface area contributed by atoms with E-state index in [0.29, 0.717) is 5.13 Å². The van der Waals surface area contributed by atoms with Crippen LogP contribution in [0.2, 0.25) is 0 Å². The van der Waals surface area contributed by atoms with Crippen LogP contribution in [0.3, 0.4) is 0 Å². The molecule has 27 heavy (non-hydrogen) atoms. The van der Waals surface area contributed by atoms with Gasteiger partial charge in [-0.15, -0.1) is 11.3 Å². The number of carbonyl (C=O) groups excluding carboxylic acids is 1. The molecule has 0 saturated heterocycles. The molecule has 0 fully saturated rings. The summed E-state index contributed by atoms with van der Waals surface area (Å²) >= 11 is 1.50. The summed E-state index contributed by atoms with van der Waals surface area (Å²) in [7, 11) is 0. The third kappa shape index (κ3) is 4.49. The zero-order valence-electron chi connectivity index (χ0n) is 14.6. The van der Waals surface area contributed by atoms with Gasteiger partial charge in [-0.05, 0) is 34.0 Å². The minimum Gasteiger partial charge on any atom is -0.298 e. The van der Waals surface area contributed by atoms with Crippen molar-refractivity contribution in [3.05, 3.63) is 101 Å². The molecule has 1 heterocycles. The van der Waals surface area contributed by atoms with E-state index in [1.807, 2.05) is 48.7 Å². The highest BCUT2D eigenvalue weighted by molar-refractivity contribution is 7.15. The molecule has 3 nitrogen and oxygen atoms in total. The molecule has 3 aromatic carbocycles. The predicted octanol–water partition coefficient (Wildman–Crippen LogP) is 5.54. The van der Waals surface area contributed by atoms with Crippen LogP contribution >= 0.6 is 11.3 Å². The first-order chi connectivity index (χ1) is 13.3. The molecule has 0 spiro atoms. The lowest BCUT2D eigenvalue weighted by atomic mass is 10.1. The number of amides is 1. The number of carbonyl (C=O) groups is 1. The first-order valence-electron chi connectivity index (χ1n) is 8.73. The highest BCUT2D eigenvalue weighted by Crippen LogP contribution is 2.21. The lowest BCUT2D eigenvalue weighted by Gasteiger charge is -1.99. The van der Waals surface area contributed by atoms with E-state index < -0.39 is 0 Å². The molecule has 0 aliphatic heterocycles. The lowest BCUT2D eigenvalue weighted by molar-refractivity contribution is -0.111. The Morgan fingerprint density at radius 3 is 2.59 bits per heavy atom. The number of anilines is 1. The molecule has 4 rings (SSSR count). The summed E-state index contributed by atoms with van der Waals surface area (Å²) in [6, 6.07) is 24.5. The molecule has 0 aliphatic carbocycles. The number of nitrogens with zero attached hydrogens (tertiary/aromatic N) is 1. The minimum absolute atomic E-state index is 0.177. The number of hydrogen-bond acceptors (Lipinski definition) is 3. The highest BCUT2D eigenvalue weighted by atomic mass is 32.1. The maximum atomic E-state index is 12.2. The molecule has 4 heteroatoms. The van der Waals surface area contributed by atoms with Crippen molar-refractivity contribution in [3.63, 3.8) is 0 Å². The van der Waals surface area contributed by atoms with Crippen molar-refractivity contribution in [3.8, 4) is 0 Å². The second kappa shape index (κ2) is 7.98. The van der Waals surface area contributed by atoms with E-state index >= 15 is 0 Å². The van der Waals surface area contributed by atoms with E-state index in [2.05, 4.69) is 46.7 Å². The number of nitrogens with one attached hydrogen (secondary N) is 1. The van der Waals surface area contributed by atoms with Gasteiger partial charge in [-0.25, -0.2) is 4.98 Å². The fourth-order valence-electron chi connectivity index (χ4n) is 2.87. The van der Waals surface area contributed by atoms with Crippen molar-refractivity contribution in [2.45, 2.75) is 6.42 Å². The average molecular weight is 370 g/mol. The fourth-order valence-corrected chi connectivity index (χ4v) is 3.72. The predicted molar refractivity (Wildman–Crippen MR) is 113 cm³/mol. The Balaban J connectivity index is 1.39. The van der Waals surface area contributed by atoms with Gasteiger partial charge in [-0.3, -0.25) is 10.1 Å². The van der Waals surface area contributed by atoms with Gasteiger partial charge >= 0.3 is 0 Å². The molecule has 0 atom stereocenters. The molecule has 0 radical (unpaired) electrons. The van der Waals surface area contributed by atoms with Gasteiger partial charge < -0.3 is 0 Å². The van der Waals surface area contributed by atoms with Gasteiger partial charge in [-0.1, -0.05) is 66.7 Å². The normalized spacial score (nSPS) is 11.1. The number of hydrogen-bond donors (Lipinski definition) is 1. The highest BCUT2D eigenvalue weighted by Gasteiger charge is 2.05. The second-order valence-corrected chi connectivity index (χ2v) is 7.34. The van der Waals surface area contributed by atoms with Crippen molar-refractivity contribution < 1.29 is 4.79 Å². The molecule has 1 amide bonds. The largest absolute Gasteiger partial charge is 0.298 e. The van der Waals surface area contributed by atoms with Crippen LogP contribution in [0.25, 0.3) is 16.8 Å². The van der Waals surface area contributed by atoms with Crippen molar-refractivity contribution in [2.75, 3.05) is 5.32 Å². The molecule has 0 unspecified atom stereocenters. The van der Waals surface area contributed by atoms with Gasteiger partial charge in [0.15, 0.2) is 5.13 Å². The maximum absolute atomic E-state index is 12.2. The fraction of sp³-hybridized carbons (Fsp3) is 0.0435. The Kier molecular flexibility index (Phi) is 5.08. The Bertz CT molecular complexity index is 1100. The van der Waals surface area contributed by atoms with E-state index in [1.54, 1.807) is 6.08 Å². The molecular weight excluding hydrogens is 352 g/mol. The van der Waals surface area contributed by atoms with Crippen molar-refractivity contribution in [1.82, 2.24) is 4.98 Å². The van der Waals surface area contributed by atoms with Crippen LogP contribution < -0.4 is 5.32 Å². The van der Waals surface area contributed by atoms with Gasteiger partial charge in [0.05, 0.1) is 0 Å². The third-order valence-corrected chi connectivity index (χ3v) is 5.12. The van der Waals surface area contributed by atoms with E-state index in [0.717, 1.165) is 22.2 Å². The number of aromatic nitrogens is 1. The number of thiazole rings is 1. The van der Waals surface area contributed by atoms with Gasteiger partial charge in [0, 0.05) is 23.6 Å². The summed E-state index contributed by atoms with van der Waals surface area (Å²) in [5.74, 6) is -0.177. The summed E-state index contributed by atoms with van der Waals surface area (Å²) in [4.78, 5) is 17.6. The third-order valence-electron chi connectivity index (χ3n) is 4.21. The minimum atomic E-state index is -0.177.